The van der Waals surface area contributed by atoms with E-state index in [2.05, 4.69) is 34.6 Å². The molecule has 0 bridgehead atoms. The SMILES string of the molecule is COc1ccc([C@@H](NC(=O)Nc2cnc3c(cnn3C(C)C)c2)C2CC2)cc1. The molecule has 2 amide bonds. The van der Waals surface area contributed by atoms with Gasteiger partial charge in [0, 0.05) is 11.4 Å². The first-order valence-electron chi connectivity index (χ1n) is 9.60. The number of nitrogens with one attached hydrogen (secondary N) is 2. The highest BCUT2D eigenvalue weighted by Crippen LogP contribution is 2.41. The van der Waals surface area contributed by atoms with Gasteiger partial charge in [-0.3, -0.25) is 0 Å². The van der Waals surface area contributed by atoms with Crippen LogP contribution in [-0.4, -0.2) is 27.9 Å². The topological polar surface area (TPSA) is 81.1 Å². The van der Waals surface area contributed by atoms with E-state index >= 15 is 0 Å². The molecular formula is C21H25N5O2. The number of hydrogen-bond donors (Lipinski definition) is 2. The molecule has 4 rings (SSSR count). The lowest BCUT2D eigenvalue weighted by atomic mass is 10.0. The van der Waals surface area contributed by atoms with Crippen molar-refractivity contribution in [2.75, 3.05) is 12.4 Å². The first-order chi connectivity index (χ1) is 13.5. The summed E-state index contributed by atoms with van der Waals surface area (Å²) in [7, 11) is 1.65. The summed E-state index contributed by atoms with van der Waals surface area (Å²) in [5.41, 5.74) is 2.55. The van der Waals surface area contributed by atoms with Crippen molar-refractivity contribution in [1.29, 1.82) is 0 Å². The van der Waals surface area contributed by atoms with Gasteiger partial charge in [-0.2, -0.15) is 5.10 Å². The second-order valence-electron chi connectivity index (χ2n) is 7.51. The Hall–Kier alpha value is -3.09. The van der Waals surface area contributed by atoms with Crippen LogP contribution in [0.15, 0.2) is 42.7 Å². The molecule has 1 saturated carbocycles. The number of hydrogen-bond acceptors (Lipinski definition) is 4. The Kier molecular flexibility index (Phi) is 4.90. The normalized spacial score (nSPS) is 14.9. The molecule has 1 aliphatic rings. The zero-order chi connectivity index (χ0) is 19.7. The van der Waals surface area contributed by atoms with Crippen molar-refractivity contribution in [3.05, 3.63) is 48.3 Å². The minimum atomic E-state index is -0.231. The molecule has 2 N–H and O–H groups in total. The van der Waals surface area contributed by atoms with Crippen LogP contribution in [0.1, 0.15) is 44.3 Å². The maximum Gasteiger partial charge on any atom is 0.319 e. The number of fused-ring (bicyclic) bond motifs is 1. The second kappa shape index (κ2) is 7.50. The van der Waals surface area contributed by atoms with E-state index in [9.17, 15) is 4.79 Å². The van der Waals surface area contributed by atoms with E-state index in [4.69, 9.17) is 4.74 Å². The summed E-state index contributed by atoms with van der Waals surface area (Å²) in [6.07, 6.45) is 5.69. The zero-order valence-electron chi connectivity index (χ0n) is 16.3. The summed E-state index contributed by atoms with van der Waals surface area (Å²) < 4.78 is 7.09. The average molecular weight is 379 g/mol. The molecule has 7 nitrogen and oxygen atoms in total. The smallest absolute Gasteiger partial charge is 0.319 e. The number of aromatic nitrogens is 3. The van der Waals surface area contributed by atoms with Gasteiger partial charge in [0.05, 0.1) is 31.2 Å². The zero-order valence-corrected chi connectivity index (χ0v) is 16.3. The molecule has 2 aromatic heterocycles. The van der Waals surface area contributed by atoms with Crippen molar-refractivity contribution in [3.8, 4) is 5.75 Å². The standard InChI is InChI=1S/C21H25N5O2/c1-13(2)26-20-16(11-23-26)10-17(12-22-20)24-21(27)25-19(14-4-5-14)15-6-8-18(28-3)9-7-15/h6-14,19H,4-5H2,1-3H3,(H2,24,25,27)/t19-/m0/s1. The number of carbonyl (C=O) groups excluding carboxylic acids is 1. The number of amides is 2. The van der Waals surface area contributed by atoms with Crippen molar-refractivity contribution >= 4 is 22.8 Å². The summed E-state index contributed by atoms with van der Waals surface area (Å²) in [4.78, 5) is 17.1. The average Bonchev–Trinajstić information content (AvgIpc) is 3.44. The van der Waals surface area contributed by atoms with E-state index in [0.717, 1.165) is 35.2 Å². The fraction of sp³-hybridized carbons (Fsp3) is 0.381. The summed E-state index contributed by atoms with van der Waals surface area (Å²) >= 11 is 0. The Labute approximate surface area is 164 Å². The number of carbonyl (C=O) groups is 1. The first kappa shape index (κ1) is 18.3. The fourth-order valence-electron chi connectivity index (χ4n) is 3.41. The van der Waals surface area contributed by atoms with Crippen LogP contribution >= 0.6 is 0 Å². The van der Waals surface area contributed by atoms with E-state index in [0.29, 0.717) is 11.6 Å². The molecule has 1 fully saturated rings. The van der Waals surface area contributed by atoms with E-state index in [1.165, 1.54) is 0 Å². The predicted octanol–water partition coefficient (Wildman–Crippen LogP) is 4.29. The summed E-state index contributed by atoms with van der Waals surface area (Å²) in [6, 6.07) is 9.76. The Balaban J connectivity index is 1.47. The van der Waals surface area contributed by atoms with Crippen LogP contribution in [0.5, 0.6) is 5.75 Å². The third kappa shape index (κ3) is 3.78. The maximum absolute atomic E-state index is 12.6. The lowest BCUT2D eigenvalue weighted by Crippen LogP contribution is -2.33. The van der Waals surface area contributed by atoms with Crippen LogP contribution in [0, 0.1) is 5.92 Å². The van der Waals surface area contributed by atoms with E-state index in [-0.39, 0.29) is 18.1 Å². The third-order valence-electron chi connectivity index (χ3n) is 5.04. The van der Waals surface area contributed by atoms with Crippen LogP contribution in [0.3, 0.4) is 0 Å². The molecule has 1 aliphatic carbocycles. The molecule has 28 heavy (non-hydrogen) atoms. The number of anilines is 1. The molecule has 0 saturated heterocycles. The molecule has 1 atom stereocenters. The molecule has 0 radical (unpaired) electrons. The highest BCUT2D eigenvalue weighted by molar-refractivity contribution is 5.91. The first-order valence-corrected chi connectivity index (χ1v) is 9.60. The monoisotopic (exact) mass is 379 g/mol. The highest BCUT2D eigenvalue weighted by Gasteiger charge is 2.33. The van der Waals surface area contributed by atoms with Crippen molar-refractivity contribution < 1.29 is 9.53 Å². The van der Waals surface area contributed by atoms with Gasteiger partial charge in [-0.25, -0.2) is 14.5 Å². The largest absolute Gasteiger partial charge is 0.497 e. The number of urea groups is 1. The minimum absolute atomic E-state index is 0.00807. The van der Waals surface area contributed by atoms with E-state index < -0.39 is 0 Å². The van der Waals surface area contributed by atoms with Gasteiger partial charge in [0.15, 0.2) is 5.65 Å². The van der Waals surface area contributed by atoms with Gasteiger partial charge in [-0.05, 0) is 56.4 Å². The van der Waals surface area contributed by atoms with Crippen LogP contribution in [0.4, 0.5) is 10.5 Å². The van der Waals surface area contributed by atoms with Gasteiger partial charge >= 0.3 is 6.03 Å². The van der Waals surface area contributed by atoms with Gasteiger partial charge < -0.3 is 15.4 Å². The molecule has 2 heterocycles. The van der Waals surface area contributed by atoms with Crippen LogP contribution in [-0.2, 0) is 0 Å². The Morgan fingerprint density at radius 1 is 1.21 bits per heavy atom. The lowest BCUT2D eigenvalue weighted by Gasteiger charge is -2.19. The number of ether oxygens (including phenoxy) is 1. The van der Waals surface area contributed by atoms with Gasteiger partial charge in [-0.1, -0.05) is 12.1 Å². The quantitative estimate of drug-likeness (QED) is 0.669. The summed E-state index contributed by atoms with van der Waals surface area (Å²) in [6.45, 7) is 4.12. The molecule has 3 aromatic rings. The van der Waals surface area contributed by atoms with E-state index in [1.807, 2.05) is 35.0 Å². The summed E-state index contributed by atoms with van der Waals surface area (Å²) in [5.74, 6) is 1.29. The number of methoxy groups -OCH3 is 1. The Bertz CT molecular complexity index is 976. The minimum Gasteiger partial charge on any atom is -0.497 e. The molecule has 0 spiro atoms. The molecule has 146 valence electrons. The van der Waals surface area contributed by atoms with Crippen LogP contribution < -0.4 is 15.4 Å². The number of pyridine rings is 1. The van der Waals surface area contributed by atoms with Crippen molar-refractivity contribution in [2.24, 2.45) is 5.92 Å². The predicted molar refractivity (Wildman–Crippen MR) is 109 cm³/mol. The Morgan fingerprint density at radius 3 is 2.61 bits per heavy atom. The maximum atomic E-state index is 12.6. The molecule has 7 heteroatoms. The van der Waals surface area contributed by atoms with Gasteiger partial charge in [0.1, 0.15) is 5.75 Å². The Morgan fingerprint density at radius 2 is 1.96 bits per heavy atom. The summed E-state index contributed by atoms with van der Waals surface area (Å²) in [5, 5.41) is 11.3. The van der Waals surface area contributed by atoms with E-state index in [1.54, 1.807) is 19.5 Å². The molecule has 0 unspecified atom stereocenters. The third-order valence-corrected chi connectivity index (χ3v) is 5.04. The van der Waals surface area contributed by atoms with Crippen molar-refractivity contribution in [2.45, 2.75) is 38.8 Å². The van der Waals surface area contributed by atoms with Crippen LogP contribution in [0.25, 0.3) is 11.0 Å². The second-order valence-corrected chi connectivity index (χ2v) is 7.51. The number of nitrogens with zero attached hydrogens (tertiary/aromatic N) is 3. The highest BCUT2D eigenvalue weighted by atomic mass is 16.5. The number of rotatable bonds is 6. The van der Waals surface area contributed by atoms with Crippen molar-refractivity contribution in [1.82, 2.24) is 20.1 Å². The molecular weight excluding hydrogens is 354 g/mol. The molecule has 0 aliphatic heterocycles. The van der Waals surface area contributed by atoms with Crippen molar-refractivity contribution in [3.63, 3.8) is 0 Å². The van der Waals surface area contributed by atoms with Crippen LogP contribution in [0.2, 0.25) is 0 Å². The molecule has 1 aromatic carbocycles. The van der Waals surface area contributed by atoms with Gasteiger partial charge in [0.25, 0.3) is 0 Å². The number of benzene rings is 1. The van der Waals surface area contributed by atoms with Gasteiger partial charge in [-0.15, -0.1) is 0 Å². The fourth-order valence-corrected chi connectivity index (χ4v) is 3.41. The lowest BCUT2D eigenvalue weighted by molar-refractivity contribution is 0.247. The van der Waals surface area contributed by atoms with Gasteiger partial charge in [0.2, 0.25) is 0 Å².